The average Bonchev–Trinajstić information content (AvgIpc) is 3.34. The molecule has 182 valence electrons. The third-order valence-electron chi connectivity index (χ3n) is 7.05. The number of carbonyl (C=O) groups excluding carboxylic acids is 2. The zero-order valence-electron chi connectivity index (χ0n) is 19.7. The molecule has 2 aromatic carbocycles. The van der Waals surface area contributed by atoms with E-state index >= 15 is 0 Å². The van der Waals surface area contributed by atoms with E-state index in [4.69, 9.17) is 9.94 Å². The van der Waals surface area contributed by atoms with Gasteiger partial charge in [0.15, 0.2) is 0 Å². The third-order valence-corrected chi connectivity index (χ3v) is 7.05. The molecule has 0 bridgehead atoms. The number of amides is 2. The van der Waals surface area contributed by atoms with Gasteiger partial charge in [0.25, 0.3) is 0 Å². The summed E-state index contributed by atoms with van der Waals surface area (Å²) in [5.41, 5.74) is 6.72. The Morgan fingerprint density at radius 2 is 2.00 bits per heavy atom. The van der Waals surface area contributed by atoms with Crippen LogP contribution in [0.2, 0.25) is 0 Å². The lowest BCUT2D eigenvalue weighted by atomic mass is 9.93. The van der Waals surface area contributed by atoms with Crippen molar-refractivity contribution in [2.75, 3.05) is 6.54 Å². The number of aromatic nitrogens is 1. The Morgan fingerprint density at radius 3 is 2.86 bits per heavy atom. The summed E-state index contributed by atoms with van der Waals surface area (Å²) in [6.45, 7) is 3.09. The topological polar surface area (TPSA) is 113 Å². The molecule has 2 amide bonds. The van der Waals surface area contributed by atoms with Gasteiger partial charge in [-0.25, -0.2) is 5.48 Å². The molecule has 8 nitrogen and oxygen atoms in total. The molecule has 0 saturated heterocycles. The summed E-state index contributed by atoms with van der Waals surface area (Å²) in [5, 5.41) is 16.4. The SMILES string of the molecule is Cc1cc(COc2ccc3c(c2)CCNC3C(=O)NC2CCCC2C(=O)NO)c2ccccc2n1. The van der Waals surface area contributed by atoms with Gasteiger partial charge in [0, 0.05) is 29.2 Å². The van der Waals surface area contributed by atoms with E-state index in [2.05, 4.69) is 27.8 Å². The van der Waals surface area contributed by atoms with Crippen LogP contribution in [0.1, 0.15) is 47.7 Å². The first-order chi connectivity index (χ1) is 17.0. The van der Waals surface area contributed by atoms with Gasteiger partial charge in [-0.3, -0.25) is 19.8 Å². The number of aryl methyl sites for hydroxylation is 1. The molecule has 1 fully saturated rings. The zero-order chi connectivity index (χ0) is 24.4. The summed E-state index contributed by atoms with van der Waals surface area (Å²) in [7, 11) is 0. The molecular formula is C27H30N4O4. The first-order valence-corrected chi connectivity index (χ1v) is 12.1. The fraction of sp³-hybridized carbons (Fsp3) is 0.370. The van der Waals surface area contributed by atoms with Crippen LogP contribution < -0.4 is 20.9 Å². The monoisotopic (exact) mass is 474 g/mol. The van der Waals surface area contributed by atoms with Crippen LogP contribution in [0.3, 0.4) is 0 Å². The largest absolute Gasteiger partial charge is 0.489 e. The second-order valence-corrected chi connectivity index (χ2v) is 9.35. The van der Waals surface area contributed by atoms with Gasteiger partial charge < -0.3 is 15.4 Å². The van der Waals surface area contributed by atoms with E-state index in [-0.39, 0.29) is 11.9 Å². The zero-order valence-corrected chi connectivity index (χ0v) is 19.7. The number of pyridine rings is 1. The van der Waals surface area contributed by atoms with Gasteiger partial charge in [-0.15, -0.1) is 0 Å². The number of carbonyl (C=O) groups is 2. The molecular weight excluding hydrogens is 444 g/mol. The van der Waals surface area contributed by atoms with Crippen LogP contribution in [0, 0.1) is 12.8 Å². The van der Waals surface area contributed by atoms with Crippen molar-refractivity contribution in [1.82, 2.24) is 21.1 Å². The predicted octanol–water partition coefficient (Wildman–Crippen LogP) is 3.10. The van der Waals surface area contributed by atoms with Crippen LogP contribution in [0.4, 0.5) is 0 Å². The number of hydrogen-bond donors (Lipinski definition) is 4. The summed E-state index contributed by atoms with van der Waals surface area (Å²) < 4.78 is 6.16. The molecule has 2 heterocycles. The van der Waals surface area contributed by atoms with Gasteiger partial charge in [0.05, 0.1) is 11.4 Å². The Kier molecular flexibility index (Phi) is 6.66. The van der Waals surface area contributed by atoms with Gasteiger partial charge in [-0.05, 0) is 61.6 Å². The number of fused-ring (bicyclic) bond motifs is 2. The Labute approximate surface area is 204 Å². The van der Waals surface area contributed by atoms with Crippen LogP contribution in [-0.4, -0.2) is 34.6 Å². The molecule has 0 radical (unpaired) electrons. The van der Waals surface area contributed by atoms with Gasteiger partial charge in [0.2, 0.25) is 11.8 Å². The highest BCUT2D eigenvalue weighted by Crippen LogP contribution is 2.30. The van der Waals surface area contributed by atoms with Gasteiger partial charge in [-0.2, -0.15) is 0 Å². The van der Waals surface area contributed by atoms with Crippen molar-refractivity contribution in [3.8, 4) is 5.75 Å². The van der Waals surface area contributed by atoms with Crippen molar-refractivity contribution in [3.63, 3.8) is 0 Å². The number of benzene rings is 2. The smallest absolute Gasteiger partial charge is 0.248 e. The molecule has 8 heteroatoms. The molecule has 3 atom stereocenters. The quantitative estimate of drug-likeness (QED) is 0.323. The number of rotatable bonds is 6. The molecule has 4 N–H and O–H groups in total. The second-order valence-electron chi connectivity index (χ2n) is 9.35. The minimum atomic E-state index is -0.488. The van der Waals surface area contributed by atoms with Crippen molar-refractivity contribution < 1.29 is 19.5 Å². The molecule has 1 aliphatic carbocycles. The van der Waals surface area contributed by atoms with Crippen LogP contribution >= 0.6 is 0 Å². The summed E-state index contributed by atoms with van der Waals surface area (Å²) in [4.78, 5) is 29.6. The van der Waals surface area contributed by atoms with Crippen molar-refractivity contribution in [2.24, 2.45) is 5.92 Å². The Bertz CT molecular complexity index is 1260. The summed E-state index contributed by atoms with van der Waals surface area (Å²) in [5.74, 6) is -0.237. The van der Waals surface area contributed by atoms with Crippen LogP contribution in [0.15, 0.2) is 48.5 Å². The molecule has 0 spiro atoms. The maximum atomic E-state index is 13.1. The highest BCUT2D eigenvalue weighted by atomic mass is 16.5. The minimum absolute atomic E-state index is 0.152. The van der Waals surface area contributed by atoms with Crippen molar-refractivity contribution in [2.45, 2.75) is 51.3 Å². The number of ether oxygens (including phenoxy) is 1. The molecule has 1 aromatic heterocycles. The van der Waals surface area contributed by atoms with E-state index in [0.29, 0.717) is 19.6 Å². The fourth-order valence-electron chi connectivity index (χ4n) is 5.34. The molecule has 3 aromatic rings. The second kappa shape index (κ2) is 10.0. The molecule has 35 heavy (non-hydrogen) atoms. The summed E-state index contributed by atoms with van der Waals surface area (Å²) in [6, 6.07) is 15.2. The first kappa shape index (κ1) is 23.3. The standard InChI is InChI=1S/C27H30N4O4/c1-16-13-18(20-5-2-3-7-23(20)29-16)15-35-19-9-10-21-17(14-19)11-12-28-25(21)27(33)30-24-8-4-6-22(24)26(32)31-34/h2-3,5,7,9-10,13-14,22,24-25,28,34H,4,6,8,11-12,15H2,1H3,(H,30,33)(H,31,32). The Hall–Kier alpha value is -3.49. The number of nitrogens with zero attached hydrogens (tertiary/aromatic N) is 1. The maximum absolute atomic E-state index is 13.1. The predicted molar refractivity (Wildman–Crippen MR) is 131 cm³/mol. The number of nitrogens with one attached hydrogen (secondary N) is 3. The molecule has 5 rings (SSSR count). The summed E-state index contributed by atoms with van der Waals surface area (Å²) >= 11 is 0. The van der Waals surface area contributed by atoms with E-state index in [1.54, 1.807) is 5.48 Å². The van der Waals surface area contributed by atoms with E-state index in [9.17, 15) is 9.59 Å². The van der Waals surface area contributed by atoms with Crippen molar-refractivity contribution in [3.05, 3.63) is 70.9 Å². The number of hydrogen-bond acceptors (Lipinski definition) is 6. The van der Waals surface area contributed by atoms with E-state index in [0.717, 1.165) is 58.3 Å². The van der Waals surface area contributed by atoms with Crippen LogP contribution in [-0.2, 0) is 22.6 Å². The van der Waals surface area contributed by atoms with E-state index in [1.807, 2.05) is 43.3 Å². The highest BCUT2D eigenvalue weighted by molar-refractivity contribution is 5.86. The number of para-hydroxylation sites is 1. The fourth-order valence-corrected chi connectivity index (χ4v) is 5.34. The maximum Gasteiger partial charge on any atom is 0.248 e. The lowest BCUT2D eigenvalue weighted by molar-refractivity contribution is -0.134. The van der Waals surface area contributed by atoms with Gasteiger partial charge >= 0.3 is 0 Å². The third kappa shape index (κ3) is 4.85. The summed E-state index contributed by atoms with van der Waals surface area (Å²) in [6.07, 6.45) is 3.01. The van der Waals surface area contributed by atoms with Crippen molar-refractivity contribution >= 4 is 22.7 Å². The molecule has 1 aliphatic heterocycles. The molecule has 3 unspecified atom stereocenters. The van der Waals surface area contributed by atoms with Crippen LogP contribution in [0.5, 0.6) is 5.75 Å². The Balaban J connectivity index is 1.29. The lowest BCUT2D eigenvalue weighted by Gasteiger charge is -2.29. The van der Waals surface area contributed by atoms with E-state index < -0.39 is 17.9 Å². The lowest BCUT2D eigenvalue weighted by Crippen LogP contribution is -2.48. The average molecular weight is 475 g/mol. The minimum Gasteiger partial charge on any atom is -0.489 e. The van der Waals surface area contributed by atoms with Crippen molar-refractivity contribution in [1.29, 1.82) is 0 Å². The molecule has 1 saturated carbocycles. The Morgan fingerprint density at radius 1 is 1.14 bits per heavy atom. The highest BCUT2D eigenvalue weighted by Gasteiger charge is 2.36. The first-order valence-electron chi connectivity index (χ1n) is 12.1. The van der Waals surface area contributed by atoms with Gasteiger partial charge in [0.1, 0.15) is 18.4 Å². The number of hydroxylamine groups is 1. The molecule has 2 aliphatic rings. The van der Waals surface area contributed by atoms with Gasteiger partial charge in [-0.1, -0.05) is 30.7 Å². The van der Waals surface area contributed by atoms with Crippen LogP contribution in [0.25, 0.3) is 10.9 Å². The van der Waals surface area contributed by atoms with E-state index in [1.165, 1.54) is 0 Å². The normalized spacial score (nSPS) is 21.4.